The summed E-state index contributed by atoms with van der Waals surface area (Å²) in [5, 5.41) is 7.28. The number of thiophene rings is 1. The average Bonchev–Trinajstić information content (AvgIpc) is 3.26. The standard InChI is InChI=1S/C18H16F3N3O2S/c1-11-8-16(27-10-11)15-9-14(17(25)23(2)26-3)22-24(15)13-6-4-12(5-7-13)18(19,20)21/h4-10H,1-3H3. The smallest absolute Gasteiger partial charge is 0.274 e. The van der Waals surface area contributed by atoms with Crippen LogP contribution in [-0.2, 0) is 11.0 Å². The highest BCUT2D eigenvalue weighted by Crippen LogP contribution is 2.32. The fraction of sp³-hybridized carbons (Fsp3) is 0.222. The third-order valence-corrected chi connectivity index (χ3v) is 4.98. The lowest BCUT2D eigenvalue weighted by Crippen LogP contribution is -2.25. The lowest BCUT2D eigenvalue weighted by Gasteiger charge is -2.11. The van der Waals surface area contributed by atoms with Crippen molar-refractivity contribution in [1.82, 2.24) is 14.8 Å². The third-order valence-electron chi connectivity index (χ3n) is 3.91. The van der Waals surface area contributed by atoms with E-state index in [1.807, 2.05) is 18.4 Å². The van der Waals surface area contributed by atoms with Crippen molar-refractivity contribution in [3.05, 3.63) is 58.6 Å². The summed E-state index contributed by atoms with van der Waals surface area (Å²) in [5.41, 5.74) is 1.45. The maximum Gasteiger partial charge on any atom is 0.416 e. The highest BCUT2D eigenvalue weighted by molar-refractivity contribution is 7.13. The molecule has 0 atom stereocenters. The van der Waals surface area contributed by atoms with Crippen LogP contribution in [0.5, 0.6) is 0 Å². The molecule has 0 fully saturated rings. The van der Waals surface area contributed by atoms with E-state index in [1.165, 1.54) is 42.3 Å². The number of rotatable bonds is 4. The van der Waals surface area contributed by atoms with Crippen LogP contribution in [0.2, 0.25) is 0 Å². The van der Waals surface area contributed by atoms with Crippen molar-refractivity contribution < 1.29 is 22.8 Å². The molecule has 27 heavy (non-hydrogen) atoms. The van der Waals surface area contributed by atoms with Gasteiger partial charge in [0.2, 0.25) is 0 Å². The molecule has 0 aliphatic heterocycles. The molecular formula is C18H16F3N3O2S. The van der Waals surface area contributed by atoms with Gasteiger partial charge in [-0.25, -0.2) is 9.75 Å². The number of alkyl halides is 3. The van der Waals surface area contributed by atoms with Crippen LogP contribution in [0, 0.1) is 6.92 Å². The maximum atomic E-state index is 12.8. The molecular weight excluding hydrogens is 379 g/mol. The quantitative estimate of drug-likeness (QED) is 0.609. The van der Waals surface area contributed by atoms with E-state index in [0.717, 1.165) is 27.6 Å². The van der Waals surface area contributed by atoms with Gasteiger partial charge >= 0.3 is 6.18 Å². The molecule has 0 aliphatic carbocycles. The topological polar surface area (TPSA) is 47.4 Å². The van der Waals surface area contributed by atoms with Crippen LogP contribution in [-0.4, -0.2) is 34.9 Å². The summed E-state index contributed by atoms with van der Waals surface area (Å²) in [4.78, 5) is 18.1. The van der Waals surface area contributed by atoms with Crippen molar-refractivity contribution in [1.29, 1.82) is 0 Å². The maximum absolute atomic E-state index is 12.8. The Kier molecular flexibility index (Phi) is 5.07. The number of hydrogen-bond acceptors (Lipinski definition) is 4. The molecule has 3 aromatic rings. The van der Waals surface area contributed by atoms with E-state index >= 15 is 0 Å². The molecule has 0 N–H and O–H groups in total. The van der Waals surface area contributed by atoms with Crippen molar-refractivity contribution in [3.63, 3.8) is 0 Å². The molecule has 2 heterocycles. The molecule has 2 aromatic heterocycles. The van der Waals surface area contributed by atoms with Gasteiger partial charge in [0.05, 0.1) is 28.9 Å². The molecule has 0 saturated carbocycles. The first kappa shape index (κ1) is 19.1. The summed E-state index contributed by atoms with van der Waals surface area (Å²) < 4.78 is 39.9. The minimum Gasteiger partial charge on any atom is -0.274 e. The van der Waals surface area contributed by atoms with Crippen LogP contribution in [0.15, 0.2) is 41.8 Å². The Hall–Kier alpha value is -2.65. The second-order valence-electron chi connectivity index (χ2n) is 5.84. The van der Waals surface area contributed by atoms with Crippen molar-refractivity contribution in [2.24, 2.45) is 0 Å². The third kappa shape index (κ3) is 3.88. The normalized spacial score (nSPS) is 11.6. The van der Waals surface area contributed by atoms with Crippen molar-refractivity contribution in [2.45, 2.75) is 13.1 Å². The van der Waals surface area contributed by atoms with Gasteiger partial charge in [0.25, 0.3) is 5.91 Å². The van der Waals surface area contributed by atoms with Gasteiger partial charge in [-0.2, -0.15) is 18.3 Å². The van der Waals surface area contributed by atoms with E-state index in [-0.39, 0.29) is 5.69 Å². The number of hydroxylamine groups is 2. The zero-order valence-corrected chi connectivity index (χ0v) is 15.6. The van der Waals surface area contributed by atoms with E-state index < -0.39 is 17.6 Å². The fourth-order valence-electron chi connectivity index (χ4n) is 2.46. The molecule has 0 aliphatic rings. The molecule has 1 amide bonds. The predicted octanol–water partition coefficient (Wildman–Crippen LogP) is 4.56. The Labute approximate surface area is 157 Å². The fourth-order valence-corrected chi connectivity index (χ4v) is 3.36. The van der Waals surface area contributed by atoms with Gasteiger partial charge in [-0.15, -0.1) is 11.3 Å². The van der Waals surface area contributed by atoms with Crippen LogP contribution in [0.4, 0.5) is 13.2 Å². The number of hydrogen-bond donors (Lipinski definition) is 0. The first-order valence-corrected chi connectivity index (χ1v) is 8.74. The van der Waals surface area contributed by atoms with Crippen molar-refractivity contribution in [2.75, 3.05) is 14.2 Å². The number of nitrogens with zero attached hydrogens (tertiary/aromatic N) is 3. The molecule has 0 bridgehead atoms. The molecule has 142 valence electrons. The largest absolute Gasteiger partial charge is 0.416 e. The van der Waals surface area contributed by atoms with Gasteiger partial charge in [-0.05, 0) is 54.3 Å². The monoisotopic (exact) mass is 395 g/mol. The van der Waals surface area contributed by atoms with Gasteiger partial charge in [0, 0.05) is 7.05 Å². The first-order valence-electron chi connectivity index (χ1n) is 7.86. The van der Waals surface area contributed by atoms with Crippen LogP contribution in [0.1, 0.15) is 21.6 Å². The van der Waals surface area contributed by atoms with Crippen LogP contribution < -0.4 is 0 Å². The number of carbonyl (C=O) groups excluding carboxylic acids is 1. The number of carbonyl (C=O) groups is 1. The van der Waals surface area contributed by atoms with Gasteiger partial charge in [0.15, 0.2) is 5.69 Å². The van der Waals surface area contributed by atoms with Crippen LogP contribution in [0.25, 0.3) is 16.3 Å². The molecule has 1 aromatic carbocycles. The highest BCUT2D eigenvalue weighted by Gasteiger charge is 2.30. The summed E-state index contributed by atoms with van der Waals surface area (Å²) in [7, 11) is 2.81. The van der Waals surface area contributed by atoms with E-state index in [2.05, 4.69) is 5.10 Å². The van der Waals surface area contributed by atoms with Crippen molar-refractivity contribution >= 4 is 17.2 Å². The summed E-state index contributed by atoms with van der Waals surface area (Å²) in [6.45, 7) is 1.93. The molecule has 0 radical (unpaired) electrons. The van der Waals surface area contributed by atoms with Crippen molar-refractivity contribution in [3.8, 4) is 16.3 Å². The highest BCUT2D eigenvalue weighted by atomic mass is 32.1. The summed E-state index contributed by atoms with van der Waals surface area (Å²) in [5.74, 6) is -0.460. The van der Waals surface area contributed by atoms with Gasteiger partial charge in [-0.3, -0.25) is 9.63 Å². The van der Waals surface area contributed by atoms with E-state index in [1.54, 1.807) is 6.07 Å². The van der Waals surface area contributed by atoms with Gasteiger partial charge in [0.1, 0.15) is 0 Å². The number of halogens is 3. The Morgan fingerprint density at radius 2 is 1.89 bits per heavy atom. The molecule has 9 heteroatoms. The number of amides is 1. The lowest BCUT2D eigenvalue weighted by molar-refractivity contribution is -0.137. The first-order chi connectivity index (χ1) is 12.7. The summed E-state index contributed by atoms with van der Waals surface area (Å²) in [6.07, 6.45) is -4.42. The Bertz CT molecular complexity index is 961. The predicted molar refractivity (Wildman–Crippen MR) is 95.7 cm³/mol. The minimum atomic E-state index is -4.42. The van der Waals surface area contributed by atoms with E-state index in [0.29, 0.717) is 11.4 Å². The Balaban J connectivity index is 2.10. The van der Waals surface area contributed by atoms with Crippen LogP contribution in [0.3, 0.4) is 0 Å². The second kappa shape index (κ2) is 7.16. The number of benzene rings is 1. The lowest BCUT2D eigenvalue weighted by atomic mass is 10.2. The number of aromatic nitrogens is 2. The number of aryl methyl sites for hydroxylation is 1. The van der Waals surface area contributed by atoms with E-state index in [4.69, 9.17) is 4.84 Å². The molecule has 0 saturated heterocycles. The van der Waals surface area contributed by atoms with Gasteiger partial charge < -0.3 is 0 Å². The second-order valence-corrected chi connectivity index (χ2v) is 6.76. The molecule has 5 nitrogen and oxygen atoms in total. The average molecular weight is 395 g/mol. The molecule has 0 spiro atoms. The minimum absolute atomic E-state index is 0.125. The van der Waals surface area contributed by atoms with Crippen LogP contribution >= 0.6 is 11.3 Å². The molecule has 3 rings (SSSR count). The zero-order chi connectivity index (χ0) is 19.8. The Morgan fingerprint density at radius 1 is 1.22 bits per heavy atom. The van der Waals surface area contributed by atoms with Gasteiger partial charge in [-0.1, -0.05) is 0 Å². The zero-order valence-electron chi connectivity index (χ0n) is 14.7. The molecule has 0 unspecified atom stereocenters. The summed E-state index contributed by atoms with van der Waals surface area (Å²) >= 11 is 1.46. The van der Waals surface area contributed by atoms with E-state index in [9.17, 15) is 18.0 Å². The SMILES string of the molecule is CON(C)C(=O)c1cc(-c2cc(C)cs2)n(-c2ccc(C(F)(F)F)cc2)n1. The summed E-state index contributed by atoms with van der Waals surface area (Å²) in [6, 6.07) is 8.16. The Morgan fingerprint density at radius 3 is 2.41 bits per heavy atom.